The Hall–Kier alpha value is -3.67. The Morgan fingerprint density at radius 1 is 0.377 bits per heavy atom. The summed E-state index contributed by atoms with van der Waals surface area (Å²) in [5.41, 5.74) is 0. The fraction of sp³-hybridized carbons (Fsp3) is 0.655. The molecule has 6 heteroatoms. The summed E-state index contributed by atoms with van der Waals surface area (Å²) in [6.45, 7) is 6.24. The van der Waals surface area contributed by atoms with Gasteiger partial charge < -0.3 is 14.2 Å². The third-order valence-electron chi connectivity index (χ3n) is 10.2. The molecule has 1 atom stereocenters. The van der Waals surface area contributed by atoms with Crippen LogP contribution in [0.5, 0.6) is 0 Å². The van der Waals surface area contributed by atoms with E-state index in [1.54, 1.807) is 6.08 Å². The first-order valence-electron chi connectivity index (χ1n) is 24.8. The molecule has 0 aliphatic heterocycles. The summed E-state index contributed by atoms with van der Waals surface area (Å²) in [5.74, 6) is -1.06. The van der Waals surface area contributed by atoms with Crippen LogP contribution in [0.4, 0.5) is 0 Å². The Bertz CT molecular complexity index is 1250. The number of esters is 3. The summed E-state index contributed by atoms with van der Waals surface area (Å²) in [7, 11) is 0. The van der Waals surface area contributed by atoms with E-state index >= 15 is 0 Å². The molecular weight excluding hydrogens is 757 g/mol. The largest absolute Gasteiger partial charge is 0.462 e. The number of carbonyl (C=O) groups excluding carboxylic acids is 3. The summed E-state index contributed by atoms with van der Waals surface area (Å²) in [6, 6.07) is 0. The fourth-order valence-electron chi connectivity index (χ4n) is 6.49. The molecule has 0 heterocycles. The van der Waals surface area contributed by atoms with Gasteiger partial charge in [0.25, 0.3) is 0 Å². The monoisotopic (exact) mass is 847 g/mol. The van der Waals surface area contributed by atoms with Gasteiger partial charge in [-0.25, -0.2) is 0 Å². The summed E-state index contributed by atoms with van der Waals surface area (Å²) >= 11 is 0. The van der Waals surface area contributed by atoms with Gasteiger partial charge in [0.2, 0.25) is 0 Å². The van der Waals surface area contributed by atoms with E-state index < -0.39 is 12.1 Å². The zero-order valence-electron chi connectivity index (χ0n) is 39.4. The smallest absolute Gasteiger partial charge is 0.309 e. The third kappa shape index (κ3) is 47.2. The lowest BCUT2D eigenvalue weighted by atomic mass is 10.1. The topological polar surface area (TPSA) is 78.9 Å². The van der Waals surface area contributed by atoms with Gasteiger partial charge >= 0.3 is 17.9 Å². The molecule has 0 saturated heterocycles. The number of carbonyl (C=O) groups is 3. The van der Waals surface area contributed by atoms with Crippen LogP contribution in [0.3, 0.4) is 0 Å². The van der Waals surface area contributed by atoms with Crippen molar-refractivity contribution in [1.82, 2.24) is 0 Å². The Balaban J connectivity index is 4.38. The number of rotatable bonds is 43. The van der Waals surface area contributed by atoms with Crippen molar-refractivity contribution in [2.45, 2.75) is 219 Å². The average Bonchev–Trinajstić information content (AvgIpc) is 3.26. The van der Waals surface area contributed by atoms with Gasteiger partial charge in [-0.3, -0.25) is 14.4 Å². The lowest BCUT2D eigenvalue weighted by Gasteiger charge is -2.18. The molecule has 0 aromatic rings. The van der Waals surface area contributed by atoms with Crippen LogP contribution in [0.15, 0.2) is 97.2 Å². The molecule has 0 fully saturated rings. The van der Waals surface area contributed by atoms with Crippen molar-refractivity contribution in [1.29, 1.82) is 0 Å². The van der Waals surface area contributed by atoms with Gasteiger partial charge in [-0.05, 0) is 77.0 Å². The average molecular weight is 847 g/mol. The van der Waals surface area contributed by atoms with Crippen molar-refractivity contribution in [2.24, 2.45) is 0 Å². The summed E-state index contributed by atoms with van der Waals surface area (Å²) in [4.78, 5) is 37.8. The van der Waals surface area contributed by atoms with Crippen molar-refractivity contribution in [3.05, 3.63) is 97.2 Å². The van der Waals surface area contributed by atoms with E-state index in [4.69, 9.17) is 14.2 Å². The van der Waals surface area contributed by atoms with Crippen molar-refractivity contribution in [2.75, 3.05) is 13.2 Å². The second-order valence-corrected chi connectivity index (χ2v) is 16.1. The van der Waals surface area contributed by atoms with Crippen LogP contribution in [0.1, 0.15) is 213 Å². The lowest BCUT2D eigenvalue weighted by molar-refractivity contribution is -0.166. The molecule has 0 bridgehead atoms. The van der Waals surface area contributed by atoms with Gasteiger partial charge in [0.15, 0.2) is 6.10 Å². The number of hydrogen-bond acceptors (Lipinski definition) is 6. The van der Waals surface area contributed by atoms with E-state index in [2.05, 4.69) is 106 Å². The first-order chi connectivity index (χ1) is 30.0. The number of allylic oxidation sites excluding steroid dienone is 15. The van der Waals surface area contributed by atoms with E-state index in [9.17, 15) is 14.4 Å². The second-order valence-electron chi connectivity index (χ2n) is 16.1. The van der Waals surface area contributed by atoms with E-state index in [0.717, 1.165) is 77.0 Å². The van der Waals surface area contributed by atoms with Crippen molar-refractivity contribution in [3.63, 3.8) is 0 Å². The second kappa shape index (κ2) is 49.0. The maximum atomic E-state index is 12.7. The van der Waals surface area contributed by atoms with E-state index in [0.29, 0.717) is 12.8 Å². The SMILES string of the molecule is CC\C=C/C=C\C=C/CCCCCCCCCC(=O)OC(COC(=O)C/C=C\C/C=C\C/C=C\CC)COC(=O)CCCCCCCCCCCC/C=C\C=C/CCCCC. The Morgan fingerprint density at radius 2 is 0.770 bits per heavy atom. The van der Waals surface area contributed by atoms with Crippen LogP contribution in [-0.2, 0) is 28.6 Å². The van der Waals surface area contributed by atoms with Crippen molar-refractivity contribution >= 4 is 17.9 Å². The van der Waals surface area contributed by atoms with E-state index in [1.807, 2.05) is 6.08 Å². The van der Waals surface area contributed by atoms with Crippen LogP contribution in [0.25, 0.3) is 0 Å². The number of ether oxygens (including phenoxy) is 3. The van der Waals surface area contributed by atoms with Gasteiger partial charge in [0.05, 0.1) is 6.42 Å². The molecule has 0 radical (unpaired) electrons. The van der Waals surface area contributed by atoms with Gasteiger partial charge in [0, 0.05) is 12.8 Å². The molecule has 0 N–H and O–H groups in total. The quantitative estimate of drug-likeness (QED) is 0.0200. The minimum absolute atomic E-state index is 0.112. The standard InChI is InChI=1S/C55H90O6/c1-4-7-10-13-16-19-21-23-25-26-27-28-30-31-33-36-39-42-45-48-54(57)60-51-52(50-59-53(56)47-44-41-38-35-18-15-12-9-6-3)61-55(58)49-46-43-40-37-34-32-29-24-22-20-17-14-11-8-5-2/h8-9,11-12,14,16-23,35,41,44,52H,4-7,10,13,15,24-34,36-40,42-43,45-51H2,1-3H3/b11-8-,12-9-,17-14-,19-16-,22-20-,23-21-,35-18-,44-41-. The molecule has 61 heavy (non-hydrogen) atoms. The minimum Gasteiger partial charge on any atom is -0.462 e. The molecule has 0 aromatic heterocycles. The predicted octanol–water partition coefficient (Wildman–Crippen LogP) is 16.2. The first-order valence-corrected chi connectivity index (χ1v) is 24.8. The molecule has 0 spiro atoms. The zero-order valence-corrected chi connectivity index (χ0v) is 39.4. The van der Waals surface area contributed by atoms with Gasteiger partial charge in [-0.1, -0.05) is 214 Å². The normalized spacial score (nSPS) is 12.9. The molecule has 0 aliphatic carbocycles. The van der Waals surface area contributed by atoms with Crippen molar-refractivity contribution in [3.8, 4) is 0 Å². The van der Waals surface area contributed by atoms with Crippen LogP contribution < -0.4 is 0 Å². The highest BCUT2D eigenvalue weighted by molar-refractivity contribution is 5.72. The highest BCUT2D eigenvalue weighted by Gasteiger charge is 2.19. The molecule has 6 nitrogen and oxygen atoms in total. The van der Waals surface area contributed by atoms with Gasteiger partial charge in [0.1, 0.15) is 13.2 Å². The molecule has 0 saturated carbocycles. The molecule has 0 aliphatic rings. The molecular formula is C55H90O6. The van der Waals surface area contributed by atoms with Gasteiger partial charge in [-0.2, -0.15) is 0 Å². The Morgan fingerprint density at radius 3 is 1.28 bits per heavy atom. The highest BCUT2D eigenvalue weighted by Crippen LogP contribution is 2.14. The molecule has 0 aromatic carbocycles. The highest BCUT2D eigenvalue weighted by atomic mass is 16.6. The van der Waals surface area contributed by atoms with Crippen LogP contribution in [0.2, 0.25) is 0 Å². The van der Waals surface area contributed by atoms with E-state index in [1.165, 1.54) is 96.3 Å². The van der Waals surface area contributed by atoms with Crippen LogP contribution >= 0.6 is 0 Å². The maximum absolute atomic E-state index is 12.7. The Kier molecular flexibility index (Phi) is 46.0. The number of hydrogen-bond donors (Lipinski definition) is 0. The molecule has 346 valence electrons. The molecule has 0 amide bonds. The summed E-state index contributed by atoms with van der Waals surface area (Å²) < 4.78 is 16.6. The first kappa shape index (κ1) is 57.3. The lowest BCUT2D eigenvalue weighted by Crippen LogP contribution is -2.30. The van der Waals surface area contributed by atoms with Gasteiger partial charge in [-0.15, -0.1) is 0 Å². The Labute approximate surface area is 375 Å². The maximum Gasteiger partial charge on any atom is 0.309 e. The summed E-state index contributed by atoms with van der Waals surface area (Å²) in [6.07, 6.45) is 64.3. The van der Waals surface area contributed by atoms with Crippen LogP contribution in [0, 0.1) is 0 Å². The van der Waals surface area contributed by atoms with Crippen LogP contribution in [-0.4, -0.2) is 37.2 Å². The molecule has 1 unspecified atom stereocenters. The zero-order chi connectivity index (χ0) is 44.4. The molecule has 0 rings (SSSR count). The number of unbranched alkanes of at least 4 members (excludes halogenated alkanes) is 20. The fourth-order valence-corrected chi connectivity index (χ4v) is 6.49. The summed E-state index contributed by atoms with van der Waals surface area (Å²) in [5, 5.41) is 0. The van der Waals surface area contributed by atoms with E-state index in [-0.39, 0.29) is 31.6 Å². The third-order valence-corrected chi connectivity index (χ3v) is 10.2. The predicted molar refractivity (Wildman–Crippen MR) is 260 cm³/mol. The minimum atomic E-state index is -0.820. The van der Waals surface area contributed by atoms with Crippen molar-refractivity contribution < 1.29 is 28.6 Å².